The van der Waals surface area contributed by atoms with Crippen molar-refractivity contribution >= 4 is 5.97 Å². The Balaban J connectivity index is 2.00. The number of hydrogen-bond acceptors (Lipinski definition) is 3. The predicted molar refractivity (Wildman–Crippen MR) is 80.0 cm³/mol. The van der Waals surface area contributed by atoms with Crippen molar-refractivity contribution in [2.45, 2.75) is 51.6 Å². The minimum atomic E-state index is -0.947. The Morgan fingerprint density at radius 1 is 1.24 bits per heavy atom. The van der Waals surface area contributed by atoms with Crippen LogP contribution in [0.2, 0.25) is 0 Å². The number of fused-ring (bicyclic) bond motifs is 1. The highest BCUT2D eigenvalue weighted by atomic mass is 16.4. The Hall–Kier alpha value is -1.62. The molecule has 1 aromatic rings. The second-order valence-corrected chi connectivity index (χ2v) is 6.31. The van der Waals surface area contributed by atoms with Gasteiger partial charge in [0, 0.05) is 30.4 Å². The van der Waals surface area contributed by atoms with Gasteiger partial charge in [-0.05, 0) is 51.6 Å². The summed E-state index contributed by atoms with van der Waals surface area (Å²) < 4.78 is 1.73. The average Bonchev–Trinajstić information content (AvgIpc) is 2.84. The van der Waals surface area contributed by atoms with Crippen LogP contribution in [0.3, 0.4) is 0 Å². The van der Waals surface area contributed by atoms with Gasteiger partial charge in [0.25, 0.3) is 5.56 Å². The summed E-state index contributed by atoms with van der Waals surface area (Å²) in [6, 6.07) is 2.16. The summed E-state index contributed by atoms with van der Waals surface area (Å²) in [6.45, 7) is 5.64. The molecule has 0 bridgehead atoms. The lowest BCUT2D eigenvalue weighted by Crippen LogP contribution is -2.41. The van der Waals surface area contributed by atoms with E-state index >= 15 is 0 Å². The molecule has 114 valence electrons. The summed E-state index contributed by atoms with van der Waals surface area (Å²) in [7, 11) is 0. The number of carboxylic acids is 1. The van der Waals surface area contributed by atoms with Gasteiger partial charge < -0.3 is 14.6 Å². The zero-order chi connectivity index (χ0) is 15.1. The number of piperidine rings is 1. The van der Waals surface area contributed by atoms with Crippen LogP contribution < -0.4 is 5.56 Å². The summed E-state index contributed by atoms with van der Waals surface area (Å²) >= 11 is 0. The number of aromatic nitrogens is 1. The highest BCUT2D eigenvalue weighted by Crippen LogP contribution is 2.33. The van der Waals surface area contributed by atoms with Gasteiger partial charge in [-0.25, -0.2) is 4.79 Å². The first-order chi connectivity index (χ1) is 9.99. The number of nitrogens with zero attached hydrogens (tertiary/aromatic N) is 2. The van der Waals surface area contributed by atoms with Crippen LogP contribution in [0.4, 0.5) is 0 Å². The van der Waals surface area contributed by atoms with E-state index in [2.05, 4.69) is 4.90 Å². The summed E-state index contributed by atoms with van der Waals surface area (Å²) in [4.78, 5) is 26.3. The van der Waals surface area contributed by atoms with E-state index in [1.165, 1.54) is 25.5 Å². The molecule has 2 fully saturated rings. The van der Waals surface area contributed by atoms with Gasteiger partial charge in [0.1, 0.15) is 0 Å². The van der Waals surface area contributed by atoms with Gasteiger partial charge in [-0.15, -0.1) is 0 Å². The lowest BCUT2D eigenvalue weighted by Gasteiger charge is -2.36. The van der Waals surface area contributed by atoms with E-state index in [4.69, 9.17) is 0 Å². The number of carboxylic acid groups (broad SMARTS) is 1. The van der Waals surface area contributed by atoms with Crippen molar-refractivity contribution in [1.29, 1.82) is 0 Å². The van der Waals surface area contributed by atoms with Crippen molar-refractivity contribution in [3.05, 3.63) is 33.2 Å². The molecule has 21 heavy (non-hydrogen) atoms. The summed E-state index contributed by atoms with van der Waals surface area (Å²) in [5.74, 6) is -0.947. The topological polar surface area (TPSA) is 62.5 Å². The van der Waals surface area contributed by atoms with Crippen molar-refractivity contribution in [3.8, 4) is 0 Å². The molecule has 5 nitrogen and oxygen atoms in total. The fourth-order valence-corrected chi connectivity index (χ4v) is 4.11. The van der Waals surface area contributed by atoms with E-state index in [9.17, 15) is 14.7 Å². The zero-order valence-corrected chi connectivity index (χ0v) is 12.6. The maximum absolute atomic E-state index is 12.4. The van der Waals surface area contributed by atoms with Crippen LogP contribution >= 0.6 is 0 Å². The van der Waals surface area contributed by atoms with Gasteiger partial charge in [0.2, 0.25) is 0 Å². The Bertz CT molecular complexity index is 635. The third kappa shape index (κ3) is 2.39. The molecule has 2 unspecified atom stereocenters. The third-order valence-corrected chi connectivity index (χ3v) is 5.07. The van der Waals surface area contributed by atoms with Crippen molar-refractivity contribution in [1.82, 2.24) is 9.47 Å². The van der Waals surface area contributed by atoms with Gasteiger partial charge in [-0.2, -0.15) is 0 Å². The first-order valence-corrected chi connectivity index (χ1v) is 7.69. The molecule has 1 aromatic heterocycles. The number of carbonyl (C=O) groups is 1. The second-order valence-electron chi connectivity index (χ2n) is 6.31. The van der Waals surface area contributed by atoms with Crippen LogP contribution in [0.15, 0.2) is 10.9 Å². The first-order valence-electron chi connectivity index (χ1n) is 7.69. The molecule has 2 atom stereocenters. The Morgan fingerprint density at radius 2 is 2.00 bits per heavy atom. The molecule has 0 radical (unpaired) electrons. The van der Waals surface area contributed by atoms with E-state index < -0.39 is 5.97 Å². The fraction of sp³-hybridized carbons (Fsp3) is 0.625. The van der Waals surface area contributed by atoms with Crippen LogP contribution in [0.25, 0.3) is 0 Å². The minimum absolute atomic E-state index is 0.0635. The number of pyridine rings is 1. The van der Waals surface area contributed by atoms with E-state index in [0.717, 1.165) is 19.4 Å². The van der Waals surface area contributed by atoms with Crippen LogP contribution in [-0.2, 0) is 0 Å². The summed E-state index contributed by atoms with van der Waals surface area (Å²) in [5, 5.41) is 9.39. The predicted octanol–water partition coefficient (Wildman–Crippen LogP) is 1.96. The molecular weight excluding hydrogens is 268 g/mol. The smallest absolute Gasteiger partial charge is 0.337 e. The largest absolute Gasteiger partial charge is 0.478 e. The van der Waals surface area contributed by atoms with Crippen molar-refractivity contribution in [3.63, 3.8) is 0 Å². The molecule has 2 saturated heterocycles. The molecule has 5 heteroatoms. The first kappa shape index (κ1) is 14.3. The monoisotopic (exact) mass is 290 g/mol. The molecule has 0 aromatic carbocycles. The number of aromatic carboxylic acids is 1. The van der Waals surface area contributed by atoms with E-state index in [0.29, 0.717) is 17.3 Å². The van der Waals surface area contributed by atoms with E-state index in [1.54, 1.807) is 18.4 Å². The molecule has 0 saturated carbocycles. The van der Waals surface area contributed by atoms with Gasteiger partial charge in [0.05, 0.1) is 5.56 Å². The molecule has 2 aliphatic rings. The average molecular weight is 290 g/mol. The number of hydrogen-bond donors (Lipinski definition) is 1. The standard InChI is InChI=1S/C16H22N2O3/c1-10-8-14(19)18(11(2)15(10)16(20)21)13-5-7-17-6-3-4-12(17)9-13/h8,12-13H,3-7,9H2,1-2H3,(H,20,21). The zero-order valence-electron chi connectivity index (χ0n) is 12.6. The Labute approximate surface area is 124 Å². The third-order valence-electron chi connectivity index (χ3n) is 5.07. The lowest BCUT2D eigenvalue weighted by molar-refractivity contribution is 0.0693. The summed E-state index contributed by atoms with van der Waals surface area (Å²) in [6.07, 6.45) is 4.32. The van der Waals surface area contributed by atoms with Crippen molar-refractivity contribution in [2.24, 2.45) is 0 Å². The molecule has 3 heterocycles. The Kier molecular flexibility index (Phi) is 3.61. The van der Waals surface area contributed by atoms with Crippen LogP contribution in [0, 0.1) is 13.8 Å². The Morgan fingerprint density at radius 3 is 2.71 bits per heavy atom. The highest BCUT2D eigenvalue weighted by molar-refractivity contribution is 5.90. The maximum atomic E-state index is 12.4. The molecule has 0 aliphatic carbocycles. The van der Waals surface area contributed by atoms with Gasteiger partial charge in [-0.3, -0.25) is 4.79 Å². The van der Waals surface area contributed by atoms with Crippen LogP contribution in [0.1, 0.15) is 53.3 Å². The quantitative estimate of drug-likeness (QED) is 0.904. The number of aryl methyl sites for hydroxylation is 1. The molecule has 3 rings (SSSR count). The van der Waals surface area contributed by atoms with Gasteiger partial charge >= 0.3 is 5.97 Å². The highest BCUT2D eigenvalue weighted by Gasteiger charge is 2.33. The van der Waals surface area contributed by atoms with E-state index in [-0.39, 0.29) is 17.2 Å². The van der Waals surface area contributed by atoms with E-state index in [1.807, 2.05) is 0 Å². The molecule has 0 amide bonds. The van der Waals surface area contributed by atoms with Gasteiger partial charge in [0.15, 0.2) is 0 Å². The normalized spacial score (nSPS) is 25.8. The van der Waals surface area contributed by atoms with Crippen LogP contribution in [-0.4, -0.2) is 39.7 Å². The molecular formula is C16H22N2O3. The number of rotatable bonds is 2. The van der Waals surface area contributed by atoms with Crippen LogP contribution in [0.5, 0.6) is 0 Å². The lowest BCUT2D eigenvalue weighted by atomic mass is 9.96. The molecule has 0 spiro atoms. The molecule has 1 N–H and O–H groups in total. The van der Waals surface area contributed by atoms with Gasteiger partial charge in [-0.1, -0.05) is 0 Å². The SMILES string of the molecule is Cc1cc(=O)n(C2CCN3CCCC3C2)c(C)c1C(=O)O. The summed E-state index contributed by atoms with van der Waals surface area (Å²) in [5.41, 5.74) is 1.37. The maximum Gasteiger partial charge on any atom is 0.337 e. The minimum Gasteiger partial charge on any atom is -0.478 e. The van der Waals surface area contributed by atoms with Crippen molar-refractivity contribution < 1.29 is 9.90 Å². The molecule has 2 aliphatic heterocycles. The fourth-order valence-electron chi connectivity index (χ4n) is 4.11. The second kappa shape index (κ2) is 5.30. The van der Waals surface area contributed by atoms with Crippen molar-refractivity contribution in [2.75, 3.05) is 13.1 Å².